The minimum absolute atomic E-state index is 0.161. The molecule has 15 heavy (non-hydrogen) atoms. The molecular formula is C12H16N2O. The number of rotatable bonds is 2. The van der Waals surface area contributed by atoms with Crippen LogP contribution in [-0.4, -0.2) is 12.5 Å². The molecule has 1 aromatic carbocycles. The largest absolute Gasteiger partial charge is 0.356 e. The predicted molar refractivity (Wildman–Crippen MR) is 59.3 cm³/mol. The topological polar surface area (TPSA) is 55.1 Å². The predicted octanol–water partition coefficient (Wildman–Crippen LogP) is 1.14. The molecule has 3 nitrogen and oxygen atoms in total. The van der Waals surface area contributed by atoms with Gasteiger partial charge in [0.1, 0.15) is 0 Å². The SMILES string of the molecule is NCc1ccc([C@H]2CCNC(=O)C2)cc1. The van der Waals surface area contributed by atoms with Gasteiger partial charge in [0, 0.05) is 19.5 Å². The van der Waals surface area contributed by atoms with Crippen LogP contribution in [-0.2, 0) is 11.3 Å². The van der Waals surface area contributed by atoms with E-state index in [1.165, 1.54) is 5.56 Å². The van der Waals surface area contributed by atoms with Crippen molar-refractivity contribution in [2.24, 2.45) is 5.73 Å². The summed E-state index contributed by atoms with van der Waals surface area (Å²) in [7, 11) is 0. The van der Waals surface area contributed by atoms with Crippen LogP contribution in [0.15, 0.2) is 24.3 Å². The van der Waals surface area contributed by atoms with Crippen molar-refractivity contribution in [2.75, 3.05) is 6.54 Å². The summed E-state index contributed by atoms with van der Waals surface area (Å²) in [6, 6.07) is 8.26. The zero-order chi connectivity index (χ0) is 10.7. The number of carbonyl (C=O) groups excluding carboxylic acids is 1. The van der Waals surface area contributed by atoms with Crippen LogP contribution < -0.4 is 11.1 Å². The van der Waals surface area contributed by atoms with Gasteiger partial charge in [-0.3, -0.25) is 4.79 Å². The molecule has 1 aliphatic heterocycles. The fraction of sp³-hybridized carbons (Fsp3) is 0.417. The Labute approximate surface area is 89.7 Å². The highest BCUT2D eigenvalue weighted by Gasteiger charge is 2.20. The molecule has 2 rings (SSSR count). The Morgan fingerprint density at radius 2 is 2.07 bits per heavy atom. The van der Waals surface area contributed by atoms with Crippen LogP contribution in [0.5, 0.6) is 0 Å². The summed E-state index contributed by atoms with van der Waals surface area (Å²) in [6.07, 6.45) is 1.65. The Morgan fingerprint density at radius 3 is 2.67 bits per heavy atom. The molecule has 3 N–H and O–H groups in total. The summed E-state index contributed by atoms with van der Waals surface area (Å²) in [5.41, 5.74) is 7.93. The Kier molecular flexibility index (Phi) is 3.02. The summed E-state index contributed by atoms with van der Waals surface area (Å²) in [5, 5.41) is 2.85. The number of nitrogens with one attached hydrogen (secondary N) is 1. The first-order chi connectivity index (χ1) is 7.29. The normalized spacial score (nSPS) is 21.1. The zero-order valence-corrected chi connectivity index (χ0v) is 8.70. The maximum Gasteiger partial charge on any atom is 0.220 e. The average molecular weight is 204 g/mol. The highest BCUT2D eigenvalue weighted by Crippen LogP contribution is 2.25. The smallest absolute Gasteiger partial charge is 0.220 e. The lowest BCUT2D eigenvalue weighted by Gasteiger charge is -2.22. The molecular weight excluding hydrogens is 188 g/mol. The number of amides is 1. The molecule has 1 fully saturated rings. The molecule has 3 heteroatoms. The van der Waals surface area contributed by atoms with Crippen LogP contribution >= 0.6 is 0 Å². The van der Waals surface area contributed by atoms with Gasteiger partial charge in [-0.2, -0.15) is 0 Å². The first kappa shape index (κ1) is 10.2. The van der Waals surface area contributed by atoms with E-state index >= 15 is 0 Å². The van der Waals surface area contributed by atoms with Gasteiger partial charge in [0.2, 0.25) is 5.91 Å². The third-order valence-corrected chi connectivity index (χ3v) is 2.93. The maximum absolute atomic E-state index is 11.2. The molecule has 0 aromatic heterocycles. The van der Waals surface area contributed by atoms with Crippen LogP contribution in [0.25, 0.3) is 0 Å². The number of piperidine rings is 1. The van der Waals surface area contributed by atoms with Crippen molar-refractivity contribution >= 4 is 5.91 Å². The van der Waals surface area contributed by atoms with Crippen LogP contribution in [0.1, 0.15) is 29.9 Å². The standard InChI is InChI=1S/C12H16N2O/c13-8-9-1-3-10(4-2-9)11-5-6-14-12(15)7-11/h1-4,11H,5-8,13H2,(H,14,15)/t11-/m0/s1. The van der Waals surface area contributed by atoms with Gasteiger partial charge in [-0.25, -0.2) is 0 Å². The van der Waals surface area contributed by atoms with Gasteiger partial charge in [-0.15, -0.1) is 0 Å². The highest BCUT2D eigenvalue weighted by atomic mass is 16.1. The van der Waals surface area contributed by atoms with E-state index in [4.69, 9.17) is 5.73 Å². The van der Waals surface area contributed by atoms with E-state index in [0.717, 1.165) is 18.5 Å². The highest BCUT2D eigenvalue weighted by molar-refractivity contribution is 5.77. The van der Waals surface area contributed by atoms with Crippen molar-refractivity contribution < 1.29 is 4.79 Å². The fourth-order valence-electron chi connectivity index (χ4n) is 1.99. The minimum Gasteiger partial charge on any atom is -0.356 e. The molecule has 1 aliphatic rings. The second-order valence-electron chi connectivity index (χ2n) is 3.99. The van der Waals surface area contributed by atoms with E-state index in [9.17, 15) is 4.79 Å². The molecule has 0 saturated carbocycles. The molecule has 1 saturated heterocycles. The summed E-state index contributed by atoms with van der Waals surface area (Å²) in [5.74, 6) is 0.541. The maximum atomic E-state index is 11.2. The Morgan fingerprint density at radius 1 is 1.33 bits per heavy atom. The van der Waals surface area contributed by atoms with Crippen molar-refractivity contribution in [1.82, 2.24) is 5.32 Å². The van der Waals surface area contributed by atoms with Crippen LogP contribution in [0.2, 0.25) is 0 Å². The Balaban J connectivity index is 2.11. The van der Waals surface area contributed by atoms with E-state index in [2.05, 4.69) is 17.4 Å². The lowest BCUT2D eigenvalue weighted by atomic mass is 9.89. The molecule has 0 spiro atoms. The Bertz CT molecular complexity index is 345. The van der Waals surface area contributed by atoms with E-state index in [1.54, 1.807) is 0 Å². The molecule has 1 heterocycles. The molecule has 0 aliphatic carbocycles. The lowest BCUT2D eigenvalue weighted by Crippen LogP contribution is -2.32. The van der Waals surface area contributed by atoms with Crippen LogP contribution in [0.3, 0.4) is 0 Å². The third kappa shape index (κ3) is 2.36. The third-order valence-electron chi connectivity index (χ3n) is 2.93. The first-order valence-corrected chi connectivity index (χ1v) is 5.35. The van der Waals surface area contributed by atoms with Crippen LogP contribution in [0, 0.1) is 0 Å². The van der Waals surface area contributed by atoms with Crippen molar-refractivity contribution in [3.8, 4) is 0 Å². The number of nitrogens with two attached hydrogens (primary N) is 1. The molecule has 1 aromatic rings. The molecule has 0 radical (unpaired) electrons. The average Bonchev–Trinajstić information content (AvgIpc) is 2.29. The van der Waals surface area contributed by atoms with Crippen molar-refractivity contribution in [3.05, 3.63) is 35.4 Å². The van der Waals surface area contributed by atoms with Gasteiger partial charge in [-0.1, -0.05) is 24.3 Å². The monoisotopic (exact) mass is 204 g/mol. The van der Waals surface area contributed by atoms with E-state index in [0.29, 0.717) is 18.9 Å². The summed E-state index contributed by atoms with van der Waals surface area (Å²) in [4.78, 5) is 11.2. The van der Waals surface area contributed by atoms with Crippen molar-refractivity contribution in [3.63, 3.8) is 0 Å². The number of benzene rings is 1. The van der Waals surface area contributed by atoms with Gasteiger partial charge in [0.15, 0.2) is 0 Å². The van der Waals surface area contributed by atoms with Gasteiger partial charge in [0.05, 0.1) is 0 Å². The van der Waals surface area contributed by atoms with Crippen LogP contribution in [0.4, 0.5) is 0 Å². The van der Waals surface area contributed by atoms with Gasteiger partial charge >= 0.3 is 0 Å². The lowest BCUT2D eigenvalue weighted by molar-refractivity contribution is -0.122. The Hall–Kier alpha value is -1.35. The molecule has 0 bridgehead atoms. The number of carbonyl (C=O) groups is 1. The number of hydrogen-bond acceptors (Lipinski definition) is 2. The van der Waals surface area contributed by atoms with E-state index < -0.39 is 0 Å². The number of hydrogen-bond donors (Lipinski definition) is 2. The zero-order valence-electron chi connectivity index (χ0n) is 8.70. The van der Waals surface area contributed by atoms with Gasteiger partial charge < -0.3 is 11.1 Å². The summed E-state index contributed by atoms with van der Waals surface area (Å²) >= 11 is 0. The van der Waals surface area contributed by atoms with Gasteiger partial charge in [-0.05, 0) is 23.5 Å². The second-order valence-corrected chi connectivity index (χ2v) is 3.99. The van der Waals surface area contributed by atoms with Crippen molar-refractivity contribution in [1.29, 1.82) is 0 Å². The summed E-state index contributed by atoms with van der Waals surface area (Å²) in [6.45, 7) is 1.37. The molecule has 0 unspecified atom stereocenters. The summed E-state index contributed by atoms with van der Waals surface area (Å²) < 4.78 is 0. The van der Waals surface area contributed by atoms with E-state index in [1.807, 2.05) is 12.1 Å². The first-order valence-electron chi connectivity index (χ1n) is 5.35. The quantitative estimate of drug-likeness (QED) is 0.759. The fourth-order valence-corrected chi connectivity index (χ4v) is 1.99. The van der Waals surface area contributed by atoms with Gasteiger partial charge in [0.25, 0.3) is 0 Å². The van der Waals surface area contributed by atoms with E-state index in [-0.39, 0.29) is 5.91 Å². The minimum atomic E-state index is 0.161. The molecule has 1 amide bonds. The molecule has 80 valence electrons. The van der Waals surface area contributed by atoms with Crippen molar-refractivity contribution in [2.45, 2.75) is 25.3 Å². The molecule has 1 atom stereocenters. The second kappa shape index (κ2) is 4.45.